The minimum absolute atomic E-state index is 0.0532. The van der Waals surface area contributed by atoms with Crippen molar-refractivity contribution in [2.24, 2.45) is 0 Å². The Labute approximate surface area is 175 Å². The third-order valence-corrected chi connectivity index (χ3v) is 7.95. The fourth-order valence-electron chi connectivity index (χ4n) is 6.38. The van der Waals surface area contributed by atoms with Crippen LogP contribution in [0.3, 0.4) is 0 Å². The van der Waals surface area contributed by atoms with E-state index in [1.807, 2.05) is 30.3 Å². The van der Waals surface area contributed by atoms with E-state index in [1.54, 1.807) is 13.2 Å². The highest BCUT2D eigenvalue weighted by Gasteiger charge is 2.64. The van der Waals surface area contributed by atoms with Crippen molar-refractivity contribution in [2.75, 3.05) is 20.7 Å². The molecular weight excluding hydrogens is 376 g/mol. The average Bonchev–Trinajstić information content (AvgIpc) is 2.73. The SMILES string of the molecule is COc1ccc2nc3c(cc2c1)C[C@@]1(O)[C@H]2Cc4ccc(O)cc4[C@@]1(CCN2C)C3. The van der Waals surface area contributed by atoms with Gasteiger partial charge >= 0.3 is 0 Å². The van der Waals surface area contributed by atoms with Crippen LogP contribution in [0.15, 0.2) is 42.5 Å². The highest BCUT2D eigenvalue weighted by molar-refractivity contribution is 5.81. The number of phenolic OH excluding ortho intramolecular Hbond substituents is 1. The number of aromatic nitrogens is 1. The van der Waals surface area contributed by atoms with Gasteiger partial charge in [-0.25, -0.2) is 0 Å². The number of likely N-dealkylation sites (tertiary alicyclic amines) is 1. The molecule has 2 heterocycles. The molecule has 5 nitrogen and oxygen atoms in total. The molecule has 154 valence electrons. The van der Waals surface area contributed by atoms with Crippen LogP contribution in [-0.2, 0) is 24.7 Å². The molecule has 1 saturated heterocycles. The molecule has 2 N–H and O–H groups in total. The van der Waals surface area contributed by atoms with E-state index in [4.69, 9.17) is 9.72 Å². The van der Waals surface area contributed by atoms with E-state index in [-0.39, 0.29) is 11.8 Å². The molecule has 5 heteroatoms. The van der Waals surface area contributed by atoms with Crippen molar-refractivity contribution in [3.05, 3.63) is 64.8 Å². The van der Waals surface area contributed by atoms with Gasteiger partial charge in [0.2, 0.25) is 0 Å². The first-order chi connectivity index (χ1) is 14.4. The molecule has 0 radical (unpaired) electrons. The summed E-state index contributed by atoms with van der Waals surface area (Å²) in [6.07, 6.45) is 2.93. The molecule has 1 fully saturated rings. The third kappa shape index (κ3) is 2.22. The minimum Gasteiger partial charge on any atom is -0.508 e. The molecule has 2 bridgehead atoms. The summed E-state index contributed by atoms with van der Waals surface area (Å²) in [5, 5.41) is 23.6. The normalized spacial score (nSPS) is 29.8. The van der Waals surface area contributed by atoms with Gasteiger partial charge in [-0.1, -0.05) is 6.07 Å². The molecule has 30 heavy (non-hydrogen) atoms. The van der Waals surface area contributed by atoms with Gasteiger partial charge in [-0.3, -0.25) is 4.98 Å². The number of aromatic hydroxyl groups is 1. The van der Waals surface area contributed by atoms with Crippen molar-refractivity contribution in [3.8, 4) is 11.5 Å². The number of methoxy groups -OCH3 is 1. The molecule has 3 aromatic rings. The van der Waals surface area contributed by atoms with E-state index in [9.17, 15) is 10.2 Å². The van der Waals surface area contributed by atoms with Crippen LogP contribution in [0, 0.1) is 0 Å². The number of fused-ring (bicyclic) bond motifs is 3. The molecule has 2 aromatic carbocycles. The molecule has 0 spiro atoms. The topological polar surface area (TPSA) is 65.8 Å². The molecule has 6 rings (SSSR count). The van der Waals surface area contributed by atoms with Gasteiger partial charge in [-0.2, -0.15) is 0 Å². The monoisotopic (exact) mass is 402 g/mol. The molecule has 3 aliphatic rings. The number of hydrogen-bond donors (Lipinski definition) is 2. The van der Waals surface area contributed by atoms with E-state index < -0.39 is 11.0 Å². The summed E-state index contributed by atoms with van der Waals surface area (Å²) in [4.78, 5) is 7.34. The third-order valence-electron chi connectivity index (χ3n) is 7.95. The lowest BCUT2D eigenvalue weighted by Gasteiger charge is -2.63. The van der Waals surface area contributed by atoms with Gasteiger partial charge in [0.1, 0.15) is 11.5 Å². The van der Waals surface area contributed by atoms with Crippen LogP contribution in [-0.4, -0.2) is 52.4 Å². The number of piperidine rings is 1. The summed E-state index contributed by atoms with van der Waals surface area (Å²) in [6, 6.07) is 13.9. The Hall–Kier alpha value is -2.63. The van der Waals surface area contributed by atoms with Crippen LogP contribution in [0.1, 0.15) is 28.8 Å². The molecule has 3 atom stereocenters. The number of benzene rings is 2. The Morgan fingerprint density at radius 3 is 2.80 bits per heavy atom. The van der Waals surface area contributed by atoms with Gasteiger partial charge in [0.25, 0.3) is 0 Å². The maximum absolute atomic E-state index is 12.3. The van der Waals surface area contributed by atoms with E-state index in [0.29, 0.717) is 12.8 Å². The Bertz CT molecular complexity index is 1190. The van der Waals surface area contributed by atoms with Gasteiger partial charge in [0.05, 0.1) is 18.2 Å². The Morgan fingerprint density at radius 2 is 1.97 bits per heavy atom. The first-order valence-electron chi connectivity index (χ1n) is 10.7. The largest absolute Gasteiger partial charge is 0.508 e. The summed E-state index contributed by atoms with van der Waals surface area (Å²) in [7, 11) is 3.79. The second kappa shape index (κ2) is 5.96. The van der Waals surface area contributed by atoms with E-state index in [1.165, 1.54) is 5.56 Å². The summed E-state index contributed by atoms with van der Waals surface area (Å²) in [5.74, 6) is 1.08. The number of phenols is 1. The smallest absolute Gasteiger partial charge is 0.119 e. The molecule has 0 amide bonds. The Kier molecular flexibility index (Phi) is 3.61. The van der Waals surface area contributed by atoms with Crippen LogP contribution >= 0.6 is 0 Å². The Morgan fingerprint density at radius 1 is 1.10 bits per heavy atom. The van der Waals surface area contributed by atoms with Crippen LogP contribution in [0.25, 0.3) is 10.9 Å². The summed E-state index contributed by atoms with van der Waals surface area (Å²) >= 11 is 0. The zero-order valence-electron chi connectivity index (χ0n) is 17.4. The number of nitrogens with zero attached hydrogens (tertiary/aromatic N) is 2. The first kappa shape index (κ1) is 18.2. The van der Waals surface area contributed by atoms with E-state index >= 15 is 0 Å². The number of rotatable bonds is 1. The van der Waals surface area contributed by atoms with Gasteiger partial charge in [0, 0.05) is 35.4 Å². The quantitative estimate of drug-likeness (QED) is 0.655. The Balaban J connectivity index is 1.59. The molecule has 0 saturated carbocycles. The lowest BCUT2D eigenvalue weighted by atomic mass is 9.49. The first-order valence-corrected chi connectivity index (χ1v) is 10.7. The molecule has 2 aliphatic carbocycles. The fourth-order valence-corrected chi connectivity index (χ4v) is 6.38. The second-order valence-corrected chi connectivity index (χ2v) is 9.30. The van der Waals surface area contributed by atoms with Gasteiger partial charge in [0.15, 0.2) is 0 Å². The average molecular weight is 402 g/mol. The van der Waals surface area contributed by atoms with Crippen LogP contribution in [0.5, 0.6) is 11.5 Å². The van der Waals surface area contributed by atoms with Gasteiger partial charge < -0.3 is 19.8 Å². The van der Waals surface area contributed by atoms with Crippen molar-refractivity contribution in [2.45, 2.75) is 42.7 Å². The highest BCUT2D eigenvalue weighted by atomic mass is 16.5. The maximum Gasteiger partial charge on any atom is 0.119 e. The molecular formula is C25H26N2O3. The number of hydrogen-bond acceptors (Lipinski definition) is 5. The van der Waals surface area contributed by atoms with Crippen molar-refractivity contribution in [1.29, 1.82) is 0 Å². The fraction of sp³-hybridized carbons (Fsp3) is 0.400. The molecule has 1 aromatic heterocycles. The van der Waals surface area contributed by atoms with Crippen molar-refractivity contribution < 1.29 is 14.9 Å². The van der Waals surface area contributed by atoms with E-state index in [0.717, 1.165) is 52.9 Å². The number of likely N-dealkylation sites (N-methyl/N-ethyl adjacent to an activating group) is 1. The van der Waals surface area contributed by atoms with Crippen LogP contribution in [0.2, 0.25) is 0 Å². The standard InChI is InChI=1S/C25H26N2O3/c1-27-8-7-24-14-22-17(9-16-10-19(30-2)5-6-21(16)26-22)13-25(24,29)23(27)11-15-3-4-18(28)12-20(15)24/h3-6,9-10,12,23,28-29H,7-8,11,13-14H2,1-2H3/t23-,24-,25-/m1/s1. The maximum atomic E-state index is 12.3. The van der Waals surface area contributed by atoms with Crippen LogP contribution < -0.4 is 4.74 Å². The van der Waals surface area contributed by atoms with Crippen molar-refractivity contribution in [1.82, 2.24) is 9.88 Å². The predicted molar refractivity (Wildman–Crippen MR) is 115 cm³/mol. The van der Waals surface area contributed by atoms with Crippen molar-refractivity contribution in [3.63, 3.8) is 0 Å². The van der Waals surface area contributed by atoms with E-state index in [2.05, 4.69) is 18.0 Å². The number of ether oxygens (including phenoxy) is 1. The zero-order chi connectivity index (χ0) is 20.7. The van der Waals surface area contributed by atoms with Crippen molar-refractivity contribution >= 4 is 10.9 Å². The van der Waals surface area contributed by atoms with Gasteiger partial charge in [-0.15, -0.1) is 0 Å². The highest BCUT2D eigenvalue weighted by Crippen LogP contribution is 2.57. The molecule has 0 unspecified atom stereocenters. The summed E-state index contributed by atoms with van der Waals surface area (Å²) in [6.45, 7) is 0.933. The lowest BCUT2D eigenvalue weighted by molar-refractivity contribution is -0.145. The summed E-state index contributed by atoms with van der Waals surface area (Å²) < 4.78 is 5.39. The zero-order valence-corrected chi connectivity index (χ0v) is 17.4. The lowest BCUT2D eigenvalue weighted by Crippen LogP contribution is -2.73. The van der Waals surface area contributed by atoms with Gasteiger partial charge in [-0.05, 0) is 79.5 Å². The number of pyridine rings is 1. The molecule has 1 aliphatic heterocycles. The number of aliphatic hydroxyl groups is 1. The summed E-state index contributed by atoms with van der Waals surface area (Å²) in [5.41, 5.74) is 4.18. The predicted octanol–water partition coefficient (Wildman–Crippen LogP) is 2.98. The second-order valence-electron chi connectivity index (χ2n) is 9.30. The minimum atomic E-state index is -0.887. The van der Waals surface area contributed by atoms with Crippen LogP contribution in [0.4, 0.5) is 0 Å².